The summed E-state index contributed by atoms with van der Waals surface area (Å²) in [6.45, 7) is 3.08. The molecule has 0 bridgehead atoms. The van der Waals surface area contributed by atoms with Gasteiger partial charge in [0, 0.05) is 12.6 Å². The molecule has 0 saturated heterocycles. The minimum atomic E-state index is 0.551. The van der Waals surface area contributed by atoms with Crippen LogP contribution in [0.15, 0.2) is 18.2 Å². The van der Waals surface area contributed by atoms with Gasteiger partial charge in [0.05, 0.1) is 12.7 Å². The number of hydrogen-bond donors (Lipinski definition) is 1. The Hall–Kier alpha value is -1.53. The van der Waals surface area contributed by atoms with Crippen molar-refractivity contribution in [2.45, 2.75) is 45.2 Å². The molecule has 1 aliphatic rings. The number of nitrogens with one attached hydrogen (secondary N) is 1. The Morgan fingerprint density at radius 2 is 2.16 bits per heavy atom. The first-order chi connectivity index (χ1) is 9.24. The fourth-order valence-corrected chi connectivity index (χ4v) is 2.86. The van der Waals surface area contributed by atoms with E-state index in [1.165, 1.54) is 25.7 Å². The van der Waals surface area contributed by atoms with Crippen LogP contribution in [-0.2, 0) is 6.54 Å². The summed E-state index contributed by atoms with van der Waals surface area (Å²) in [4.78, 5) is 0. The summed E-state index contributed by atoms with van der Waals surface area (Å²) in [5.41, 5.74) is 1.75. The third-order valence-corrected chi connectivity index (χ3v) is 4.12. The second-order valence-electron chi connectivity index (χ2n) is 5.36. The summed E-state index contributed by atoms with van der Waals surface area (Å²) in [5, 5.41) is 12.7. The molecular weight excluding hydrogens is 236 g/mol. The van der Waals surface area contributed by atoms with Crippen molar-refractivity contribution in [3.05, 3.63) is 29.3 Å². The van der Waals surface area contributed by atoms with Crippen molar-refractivity contribution in [3.63, 3.8) is 0 Å². The molecule has 1 N–H and O–H groups in total. The zero-order valence-electron chi connectivity index (χ0n) is 11.8. The van der Waals surface area contributed by atoms with E-state index in [4.69, 9.17) is 10.00 Å². The average molecular weight is 258 g/mol. The highest BCUT2D eigenvalue weighted by molar-refractivity contribution is 5.45. The summed E-state index contributed by atoms with van der Waals surface area (Å²) < 4.78 is 5.16. The fraction of sp³-hybridized carbons (Fsp3) is 0.562. The van der Waals surface area contributed by atoms with E-state index in [9.17, 15) is 0 Å². The summed E-state index contributed by atoms with van der Waals surface area (Å²) >= 11 is 0. The lowest BCUT2D eigenvalue weighted by Gasteiger charge is -2.20. The van der Waals surface area contributed by atoms with E-state index >= 15 is 0 Å². The Labute approximate surface area is 115 Å². The van der Waals surface area contributed by atoms with E-state index in [1.807, 2.05) is 18.2 Å². The normalized spacial score (nSPS) is 17.1. The van der Waals surface area contributed by atoms with E-state index in [2.05, 4.69) is 18.3 Å². The van der Waals surface area contributed by atoms with Gasteiger partial charge in [-0.25, -0.2) is 0 Å². The summed E-state index contributed by atoms with van der Waals surface area (Å²) in [5.74, 6) is 1.46. The molecule has 3 heteroatoms. The van der Waals surface area contributed by atoms with Gasteiger partial charge in [-0.1, -0.05) is 18.9 Å². The fourth-order valence-electron chi connectivity index (χ4n) is 2.86. The van der Waals surface area contributed by atoms with Gasteiger partial charge >= 0.3 is 0 Å². The molecule has 2 rings (SSSR count). The minimum Gasteiger partial charge on any atom is -0.495 e. The number of ether oxygens (including phenoxy) is 1. The second kappa shape index (κ2) is 6.58. The molecule has 1 saturated carbocycles. The van der Waals surface area contributed by atoms with E-state index in [0.717, 1.165) is 18.0 Å². The van der Waals surface area contributed by atoms with Crippen LogP contribution in [0.2, 0.25) is 0 Å². The highest BCUT2D eigenvalue weighted by Crippen LogP contribution is 2.27. The van der Waals surface area contributed by atoms with Gasteiger partial charge < -0.3 is 10.1 Å². The molecule has 1 aromatic rings. The maximum absolute atomic E-state index is 9.07. The van der Waals surface area contributed by atoms with Crippen LogP contribution in [0.4, 0.5) is 0 Å². The molecular formula is C16H22N2O. The predicted octanol–water partition coefficient (Wildman–Crippen LogP) is 3.24. The van der Waals surface area contributed by atoms with Gasteiger partial charge in [-0.15, -0.1) is 0 Å². The van der Waals surface area contributed by atoms with Gasteiger partial charge in [0.25, 0.3) is 0 Å². The van der Waals surface area contributed by atoms with E-state index in [1.54, 1.807) is 7.11 Å². The van der Waals surface area contributed by atoms with Crippen molar-refractivity contribution >= 4 is 0 Å². The third kappa shape index (κ3) is 3.48. The van der Waals surface area contributed by atoms with Crippen LogP contribution in [0.5, 0.6) is 5.75 Å². The topological polar surface area (TPSA) is 45.0 Å². The lowest BCUT2D eigenvalue weighted by Crippen LogP contribution is -2.31. The van der Waals surface area contributed by atoms with Gasteiger partial charge in [0.2, 0.25) is 0 Å². The average Bonchev–Trinajstić information content (AvgIpc) is 2.98. The molecule has 0 spiro atoms. The van der Waals surface area contributed by atoms with Crippen LogP contribution in [0, 0.1) is 17.2 Å². The van der Waals surface area contributed by atoms with Gasteiger partial charge in [-0.05, 0) is 43.4 Å². The quantitative estimate of drug-likeness (QED) is 0.882. The zero-order valence-corrected chi connectivity index (χ0v) is 11.8. The predicted molar refractivity (Wildman–Crippen MR) is 76.0 cm³/mol. The number of rotatable bonds is 5. The smallest absolute Gasteiger partial charge is 0.136 e. The molecule has 102 valence electrons. The summed E-state index contributed by atoms with van der Waals surface area (Å²) in [6, 6.07) is 8.53. The highest BCUT2D eigenvalue weighted by atomic mass is 16.5. The molecule has 0 heterocycles. The van der Waals surface area contributed by atoms with E-state index in [0.29, 0.717) is 17.4 Å². The second-order valence-corrected chi connectivity index (χ2v) is 5.36. The standard InChI is InChI=1S/C16H22N2O/c1-12(14-5-3-4-6-14)18-11-13-7-8-16(19-2)15(9-13)10-17/h7-9,12,14,18H,3-6,11H2,1-2H3/t12-/m1/s1. The molecule has 0 aliphatic heterocycles. The number of nitriles is 1. The molecule has 19 heavy (non-hydrogen) atoms. The van der Waals surface area contributed by atoms with Crippen LogP contribution in [0.3, 0.4) is 0 Å². The summed E-state index contributed by atoms with van der Waals surface area (Å²) in [7, 11) is 1.59. The van der Waals surface area contributed by atoms with Crippen molar-refractivity contribution < 1.29 is 4.74 Å². The van der Waals surface area contributed by atoms with Gasteiger partial charge in [0.15, 0.2) is 0 Å². The van der Waals surface area contributed by atoms with Crippen LogP contribution in [0.1, 0.15) is 43.7 Å². The molecule has 1 aliphatic carbocycles. The van der Waals surface area contributed by atoms with Crippen molar-refractivity contribution in [2.24, 2.45) is 5.92 Å². The molecule has 0 unspecified atom stereocenters. The first-order valence-electron chi connectivity index (χ1n) is 7.05. The number of hydrogen-bond acceptors (Lipinski definition) is 3. The Kier molecular flexibility index (Phi) is 4.81. The maximum atomic E-state index is 9.07. The van der Waals surface area contributed by atoms with Crippen molar-refractivity contribution in [1.82, 2.24) is 5.32 Å². The molecule has 1 aromatic carbocycles. The lowest BCUT2D eigenvalue weighted by atomic mass is 9.99. The maximum Gasteiger partial charge on any atom is 0.136 e. The summed E-state index contributed by atoms with van der Waals surface area (Å²) in [6.07, 6.45) is 5.44. The van der Waals surface area contributed by atoms with Gasteiger partial charge in [-0.2, -0.15) is 5.26 Å². The van der Waals surface area contributed by atoms with E-state index in [-0.39, 0.29) is 0 Å². The third-order valence-electron chi connectivity index (χ3n) is 4.12. The number of nitrogens with zero attached hydrogens (tertiary/aromatic N) is 1. The monoisotopic (exact) mass is 258 g/mol. The zero-order chi connectivity index (χ0) is 13.7. The number of benzene rings is 1. The number of methoxy groups -OCH3 is 1. The molecule has 3 nitrogen and oxygen atoms in total. The van der Waals surface area contributed by atoms with Crippen LogP contribution < -0.4 is 10.1 Å². The highest BCUT2D eigenvalue weighted by Gasteiger charge is 2.20. The van der Waals surface area contributed by atoms with E-state index < -0.39 is 0 Å². The van der Waals surface area contributed by atoms with Crippen LogP contribution in [-0.4, -0.2) is 13.2 Å². The Morgan fingerprint density at radius 1 is 1.42 bits per heavy atom. The minimum absolute atomic E-state index is 0.551. The molecule has 0 radical (unpaired) electrons. The Bertz CT molecular complexity index is 458. The SMILES string of the molecule is COc1ccc(CN[C@H](C)C2CCCC2)cc1C#N. The van der Waals surface area contributed by atoms with Gasteiger partial charge in [0.1, 0.15) is 11.8 Å². The Balaban J connectivity index is 1.94. The molecule has 0 amide bonds. The van der Waals surface area contributed by atoms with Crippen molar-refractivity contribution in [3.8, 4) is 11.8 Å². The molecule has 0 aromatic heterocycles. The molecule has 1 atom stereocenters. The van der Waals surface area contributed by atoms with Gasteiger partial charge in [-0.3, -0.25) is 0 Å². The Morgan fingerprint density at radius 3 is 2.79 bits per heavy atom. The van der Waals surface area contributed by atoms with Crippen LogP contribution >= 0.6 is 0 Å². The first-order valence-corrected chi connectivity index (χ1v) is 7.05. The lowest BCUT2D eigenvalue weighted by molar-refractivity contribution is 0.380. The largest absolute Gasteiger partial charge is 0.495 e. The van der Waals surface area contributed by atoms with Crippen molar-refractivity contribution in [1.29, 1.82) is 5.26 Å². The van der Waals surface area contributed by atoms with Crippen molar-refractivity contribution in [2.75, 3.05) is 7.11 Å². The van der Waals surface area contributed by atoms with Crippen LogP contribution in [0.25, 0.3) is 0 Å². The first kappa shape index (κ1) is 13.9. The molecule has 1 fully saturated rings.